The lowest BCUT2D eigenvalue weighted by atomic mass is 10.0. The number of carbonyl (C=O) groups excluding carboxylic acids is 3. The Morgan fingerprint density at radius 3 is 2.24 bits per heavy atom. The van der Waals surface area contributed by atoms with Crippen LogP contribution in [0.2, 0.25) is 0 Å². The first-order valence-electron chi connectivity index (χ1n) is 9.75. The van der Waals surface area contributed by atoms with Crippen molar-refractivity contribution in [1.29, 1.82) is 0 Å². The molecule has 7 nitrogen and oxygen atoms in total. The van der Waals surface area contributed by atoms with Crippen molar-refractivity contribution in [1.82, 2.24) is 10.6 Å². The van der Waals surface area contributed by atoms with Gasteiger partial charge in [0.25, 0.3) is 0 Å². The van der Waals surface area contributed by atoms with Gasteiger partial charge in [0.15, 0.2) is 0 Å². The first-order valence-corrected chi connectivity index (χ1v) is 11.1. The normalized spacial score (nSPS) is 14.0. The second kappa shape index (κ2) is 13.2. The van der Waals surface area contributed by atoms with E-state index in [2.05, 4.69) is 10.6 Å². The van der Waals surface area contributed by atoms with Crippen molar-refractivity contribution in [3.05, 3.63) is 35.9 Å². The third-order valence-electron chi connectivity index (χ3n) is 4.39. The average molecular weight is 424 g/mol. The maximum atomic E-state index is 12.9. The van der Waals surface area contributed by atoms with Crippen LogP contribution in [-0.4, -0.2) is 55.0 Å². The number of rotatable bonds is 12. The molecule has 1 rings (SSSR count). The van der Waals surface area contributed by atoms with Crippen molar-refractivity contribution in [2.45, 2.75) is 51.2 Å². The molecule has 4 N–H and O–H groups in total. The minimum absolute atomic E-state index is 0.166. The Balaban J connectivity index is 2.86. The Morgan fingerprint density at radius 1 is 1.07 bits per heavy atom. The molecule has 0 spiro atoms. The van der Waals surface area contributed by atoms with Gasteiger partial charge in [0.2, 0.25) is 11.8 Å². The third-order valence-corrected chi connectivity index (χ3v) is 5.04. The highest BCUT2D eigenvalue weighted by atomic mass is 32.2. The highest BCUT2D eigenvalue weighted by Gasteiger charge is 2.29. The van der Waals surface area contributed by atoms with Crippen molar-refractivity contribution >= 4 is 29.5 Å². The van der Waals surface area contributed by atoms with Gasteiger partial charge >= 0.3 is 5.97 Å². The van der Waals surface area contributed by atoms with Crippen LogP contribution in [-0.2, 0) is 25.5 Å². The molecule has 3 atom stereocenters. The summed E-state index contributed by atoms with van der Waals surface area (Å²) in [6, 6.07) is 7.07. The Hall–Kier alpha value is -2.06. The Kier molecular flexibility index (Phi) is 11.4. The largest absolute Gasteiger partial charge is 0.467 e. The van der Waals surface area contributed by atoms with Crippen LogP contribution in [0.3, 0.4) is 0 Å². The molecule has 0 bridgehead atoms. The Labute approximate surface area is 177 Å². The quantitative estimate of drug-likeness (QED) is 0.440. The zero-order chi connectivity index (χ0) is 21.8. The molecule has 1 aromatic rings. The van der Waals surface area contributed by atoms with E-state index >= 15 is 0 Å². The number of thioether (sulfide) groups is 1. The van der Waals surface area contributed by atoms with Gasteiger partial charge in [0.1, 0.15) is 12.1 Å². The SMILES string of the molecule is COC(=O)[C@@H](Cc1ccccc1)NC(=O)[C@@H](CC(C)C)NC(=O)[C@H](N)CCSC. The molecule has 0 heterocycles. The maximum absolute atomic E-state index is 12.9. The highest BCUT2D eigenvalue weighted by Crippen LogP contribution is 2.09. The Bertz CT molecular complexity index is 655. The fraction of sp³-hybridized carbons (Fsp3) is 0.571. The molecule has 0 fully saturated rings. The zero-order valence-electron chi connectivity index (χ0n) is 17.6. The van der Waals surface area contributed by atoms with Crippen LogP contribution < -0.4 is 16.4 Å². The molecule has 29 heavy (non-hydrogen) atoms. The maximum Gasteiger partial charge on any atom is 0.328 e. The molecule has 0 aliphatic heterocycles. The predicted octanol–water partition coefficient (Wildman–Crippen LogP) is 1.50. The first-order chi connectivity index (χ1) is 13.8. The molecule has 0 radical (unpaired) electrons. The third kappa shape index (κ3) is 9.32. The van der Waals surface area contributed by atoms with E-state index in [1.807, 2.05) is 50.4 Å². The van der Waals surface area contributed by atoms with E-state index in [4.69, 9.17) is 10.5 Å². The summed E-state index contributed by atoms with van der Waals surface area (Å²) in [7, 11) is 1.28. The van der Waals surface area contributed by atoms with Crippen molar-refractivity contribution in [3.63, 3.8) is 0 Å². The molecule has 0 unspecified atom stereocenters. The van der Waals surface area contributed by atoms with E-state index < -0.39 is 30.0 Å². The van der Waals surface area contributed by atoms with Crippen LogP contribution >= 0.6 is 11.8 Å². The second-order valence-electron chi connectivity index (χ2n) is 7.35. The zero-order valence-corrected chi connectivity index (χ0v) is 18.5. The van der Waals surface area contributed by atoms with Gasteiger partial charge in [-0.1, -0.05) is 44.2 Å². The fourth-order valence-corrected chi connectivity index (χ4v) is 3.30. The molecular weight excluding hydrogens is 390 g/mol. The van der Waals surface area contributed by atoms with Crippen molar-refractivity contribution in [3.8, 4) is 0 Å². The molecule has 0 aliphatic carbocycles. The van der Waals surface area contributed by atoms with Crippen LogP contribution in [0.25, 0.3) is 0 Å². The monoisotopic (exact) mass is 423 g/mol. The molecule has 8 heteroatoms. The highest BCUT2D eigenvalue weighted by molar-refractivity contribution is 7.98. The number of hydrogen-bond donors (Lipinski definition) is 3. The smallest absolute Gasteiger partial charge is 0.328 e. The van der Waals surface area contributed by atoms with E-state index in [1.165, 1.54) is 7.11 Å². The lowest BCUT2D eigenvalue weighted by molar-refractivity contribution is -0.145. The van der Waals surface area contributed by atoms with E-state index in [0.29, 0.717) is 19.3 Å². The number of nitrogens with one attached hydrogen (secondary N) is 2. The lowest BCUT2D eigenvalue weighted by Gasteiger charge is -2.24. The van der Waals surface area contributed by atoms with Crippen molar-refractivity contribution in [2.24, 2.45) is 11.7 Å². The number of carbonyl (C=O) groups is 3. The topological polar surface area (TPSA) is 111 Å². The van der Waals surface area contributed by atoms with Gasteiger partial charge in [-0.2, -0.15) is 11.8 Å². The summed E-state index contributed by atoms with van der Waals surface area (Å²) >= 11 is 1.61. The van der Waals surface area contributed by atoms with E-state index in [0.717, 1.165) is 11.3 Å². The number of hydrogen-bond acceptors (Lipinski definition) is 6. The minimum Gasteiger partial charge on any atom is -0.467 e. The number of nitrogens with two attached hydrogens (primary N) is 1. The fourth-order valence-electron chi connectivity index (χ4n) is 2.82. The number of methoxy groups -OCH3 is 1. The Morgan fingerprint density at radius 2 is 1.69 bits per heavy atom. The standard InChI is InChI=1S/C21H33N3O4S/c1-14(2)12-17(23-19(25)16(22)10-11-29-4)20(26)24-18(21(27)28-3)13-15-8-6-5-7-9-15/h5-9,14,16-18H,10-13,22H2,1-4H3,(H,23,25)(H,24,26)/t16-,17-,18-/m1/s1. The van der Waals surface area contributed by atoms with Gasteiger partial charge in [-0.25, -0.2) is 4.79 Å². The molecule has 0 aliphatic rings. The van der Waals surface area contributed by atoms with Crippen molar-refractivity contribution in [2.75, 3.05) is 19.1 Å². The van der Waals surface area contributed by atoms with Crippen molar-refractivity contribution < 1.29 is 19.1 Å². The number of ether oxygens (including phenoxy) is 1. The summed E-state index contributed by atoms with van der Waals surface area (Å²) in [4.78, 5) is 37.5. The van der Waals surface area contributed by atoms with E-state index in [9.17, 15) is 14.4 Å². The van der Waals surface area contributed by atoms with Crippen LogP contribution in [0.5, 0.6) is 0 Å². The van der Waals surface area contributed by atoms with Gasteiger partial charge in [-0.05, 0) is 36.3 Å². The molecule has 0 saturated carbocycles. The van der Waals surface area contributed by atoms with Crippen LogP contribution in [0.4, 0.5) is 0 Å². The summed E-state index contributed by atoms with van der Waals surface area (Å²) in [5, 5.41) is 5.48. The van der Waals surface area contributed by atoms with Gasteiger partial charge in [-0.3, -0.25) is 9.59 Å². The van der Waals surface area contributed by atoms with Gasteiger partial charge in [0, 0.05) is 6.42 Å². The summed E-state index contributed by atoms with van der Waals surface area (Å²) in [5.41, 5.74) is 6.82. The molecule has 0 aromatic heterocycles. The first kappa shape index (κ1) is 25.0. The molecule has 0 saturated heterocycles. The van der Waals surface area contributed by atoms with Crippen LogP contribution in [0, 0.1) is 5.92 Å². The predicted molar refractivity (Wildman–Crippen MR) is 116 cm³/mol. The summed E-state index contributed by atoms with van der Waals surface area (Å²) < 4.78 is 4.85. The molecular formula is C21H33N3O4S. The van der Waals surface area contributed by atoms with E-state index in [1.54, 1.807) is 11.8 Å². The average Bonchev–Trinajstić information content (AvgIpc) is 2.70. The minimum atomic E-state index is -0.841. The molecule has 1 aromatic carbocycles. The molecule has 2 amide bonds. The number of benzene rings is 1. The van der Waals surface area contributed by atoms with Gasteiger partial charge in [0.05, 0.1) is 13.2 Å². The van der Waals surface area contributed by atoms with Gasteiger partial charge < -0.3 is 21.1 Å². The summed E-state index contributed by atoms with van der Waals surface area (Å²) in [6.45, 7) is 3.92. The van der Waals surface area contributed by atoms with Crippen LogP contribution in [0.1, 0.15) is 32.3 Å². The lowest BCUT2D eigenvalue weighted by Crippen LogP contribution is -2.55. The molecule has 162 valence electrons. The summed E-state index contributed by atoms with van der Waals surface area (Å²) in [5.74, 6) is -0.391. The number of esters is 1. The number of amides is 2. The summed E-state index contributed by atoms with van der Waals surface area (Å²) in [6.07, 6.45) is 3.21. The van der Waals surface area contributed by atoms with Gasteiger partial charge in [-0.15, -0.1) is 0 Å². The second-order valence-corrected chi connectivity index (χ2v) is 8.34. The van der Waals surface area contributed by atoms with E-state index in [-0.39, 0.29) is 11.8 Å². The van der Waals surface area contributed by atoms with Crippen LogP contribution in [0.15, 0.2) is 30.3 Å².